The van der Waals surface area contributed by atoms with Crippen LogP contribution in [0.5, 0.6) is 0 Å². The zero-order chi connectivity index (χ0) is 13.8. The molecule has 1 aliphatic carbocycles. The minimum Gasteiger partial charge on any atom is -0.479 e. The van der Waals surface area contributed by atoms with Gasteiger partial charge >= 0.3 is 12.0 Å². The Morgan fingerprint density at radius 3 is 2.33 bits per heavy atom. The Bertz CT molecular complexity index is 309. The smallest absolute Gasteiger partial charge is 0.337 e. The molecule has 104 valence electrons. The van der Waals surface area contributed by atoms with Gasteiger partial charge in [-0.25, -0.2) is 9.59 Å². The second-order valence-corrected chi connectivity index (χ2v) is 5.36. The number of aliphatic carboxylic acids is 1. The minimum absolute atomic E-state index is 0.149. The van der Waals surface area contributed by atoms with Gasteiger partial charge in [0.25, 0.3) is 0 Å². The monoisotopic (exact) mass is 258 g/mol. The van der Waals surface area contributed by atoms with Gasteiger partial charge < -0.3 is 20.8 Å². The minimum atomic E-state index is -1.93. The van der Waals surface area contributed by atoms with Crippen molar-refractivity contribution < 1.29 is 19.8 Å². The van der Waals surface area contributed by atoms with Crippen molar-refractivity contribution in [3.63, 3.8) is 0 Å². The SMILES string of the molecule is CC1CCC(NC(=O)NCC(C)(O)C(=O)O)CC1. The predicted octanol–water partition coefficient (Wildman–Crippen LogP) is 0.700. The van der Waals surface area contributed by atoms with Crippen LogP contribution in [0, 0.1) is 5.92 Å². The predicted molar refractivity (Wildman–Crippen MR) is 66.2 cm³/mol. The molecule has 18 heavy (non-hydrogen) atoms. The number of carbonyl (C=O) groups excluding carboxylic acids is 1. The van der Waals surface area contributed by atoms with Crippen molar-refractivity contribution in [1.82, 2.24) is 10.6 Å². The van der Waals surface area contributed by atoms with E-state index in [1.165, 1.54) is 0 Å². The lowest BCUT2D eigenvalue weighted by Gasteiger charge is -2.27. The molecule has 0 aliphatic heterocycles. The highest BCUT2D eigenvalue weighted by atomic mass is 16.4. The van der Waals surface area contributed by atoms with Crippen molar-refractivity contribution in [2.45, 2.75) is 51.2 Å². The molecular weight excluding hydrogens is 236 g/mol. The number of nitrogens with one attached hydrogen (secondary N) is 2. The largest absolute Gasteiger partial charge is 0.479 e. The number of hydrogen-bond donors (Lipinski definition) is 4. The molecule has 6 nitrogen and oxygen atoms in total. The van der Waals surface area contributed by atoms with Crippen LogP contribution in [0.15, 0.2) is 0 Å². The molecule has 1 fully saturated rings. The maximum atomic E-state index is 11.5. The molecule has 0 aromatic carbocycles. The zero-order valence-electron chi connectivity index (χ0n) is 10.9. The Labute approximate surface area is 107 Å². The van der Waals surface area contributed by atoms with Crippen molar-refractivity contribution in [3.05, 3.63) is 0 Å². The first-order chi connectivity index (χ1) is 8.31. The number of carbonyl (C=O) groups is 2. The standard InChI is InChI=1S/C12H22N2O4/c1-8-3-5-9(6-4-8)14-11(17)13-7-12(2,18)10(15)16/h8-9,18H,3-7H2,1-2H3,(H,15,16)(H2,13,14,17). The van der Waals surface area contributed by atoms with E-state index in [-0.39, 0.29) is 12.6 Å². The van der Waals surface area contributed by atoms with E-state index in [1.54, 1.807) is 0 Å². The third-order valence-electron chi connectivity index (χ3n) is 3.40. The molecule has 1 saturated carbocycles. The summed E-state index contributed by atoms with van der Waals surface area (Å²) in [5, 5.41) is 23.3. The van der Waals surface area contributed by atoms with Crippen LogP contribution in [0.3, 0.4) is 0 Å². The van der Waals surface area contributed by atoms with Gasteiger partial charge in [0.2, 0.25) is 0 Å². The van der Waals surface area contributed by atoms with Gasteiger partial charge in [-0.2, -0.15) is 0 Å². The van der Waals surface area contributed by atoms with Crippen LogP contribution < -0.4 is 10.6 Å². The van der Waals surface area contributed by atoms with E-state index in [0.29, 0.717) is 5.92 Å². The number of hydrogen-bond acceptors (Lipinski definition) is 3. The molecule has 0 aromatic rings. The second-order valence-electron chi connectivity index (χ2n) is 5.36. The molecule has 1 aliphatic rings. The van der Waals surface area contributed by atoms with E-state index in [9.17, 15) is 14.7 Å². The first kappa shape index (κ1) is 14.8. The number of carboxylic acids is 1. The van der Waals surface area contributed by atoms with Crippen LogP contribution in [-0.4, -0.2) is 40.4 Å². The number of urea groups is 1. The summed E-state index contributed by atoms with van der Waals surface area (Å²) in [5.74, 6) is -0.645. The first-order valence-corrected chi connectivity index (χ1v) is 6.31. The molecule has 2 amide bonds. The number of aliphatic hydroxyl groups is 1. The third kappa shape index (κ3) is 4.52. The van der Waals surface area contributed by atoms with Crippen LogP contribution in [0.2, 0.25) is 0 Å². The van der Waals surface area contributed by atoms with Gasteiger partial charge in [-0.15, -0.1) is 0 Å². The van der Waals surface area contributed by atoms with Crippen LogP contribution in [0.1, 0.15) is 39.5 Å². The number of carboxylic acid groups (broad SMARTS) is 1. The summed E-state index contributed by atoms with van der Waals surface area (Å²) in [6, 6.07) is -0.271. The topological polar surface area (TPSA) is 98.7 Å². The fraction of sp³-hybridized carbons (Fsp3) is 0.833. The van der Waals surface area contributed by atoms with E-state index in [0.717, 1.165) is 32.6 Å². The number of amides is 2. The lowest BCUT2D eigenvalue weighted by atomic mass is 9.87. The van der Waals surface area contributed by atoms with Gasteiger partial charge in [0, 0.05) is 6.04 Å². The Hall–Kier alpha value is -1.30. The van der Waals surface area contributed by atoms with Crippen LogP contribution >= 0.6 is 0 Å². The number of rotatable bonds is 4. The van der Waals surface area contributed by atoms with Crippen molar-refractivity contribution in [2.75, 3.05) is 6.54 Å². The third-order valence-corrected chi connectivity index (χ3v) is 3.40. The van der Waals surface area contributed by atoms with Crippen LogP contribution in [0.4, 0.5) is 4.79 Å². The highest BCUT2D eigenvalue weighted by Gasteiger charge is 2.30. The van der Waals surface area contributed by atoms with Crippen molar-refractivity contribution in [1.29, 1.82) is 0 Å². The molecule has 4 N–H and O–H groups in total. The molecule has 1 atom stereocenters. The van der Waals surface area contributed by atoms with Crippen molar-refractivity contribution >= 4 is 12.0 Å². The van der Waals surface area contributed by atoms with Gasteiger partial charge in [0.05, 0.1) is 6.54 Å². The molecule has 1 unspecified atom stereocenters. The molecular formula is C12H22N2O4. The summed E-state index contributed by atoms with van der Waals surface area (Å²) >= 11 is 0. The van der Waals surface area contributed by atoms with Gasteiger partial charge in [-0.3, -0.25) is 0 Å². The van der Waals surface area contributed by atoms with E-state index in [2.05, 4.69) is 17.6 Å². The lowest BCUT2D eigenvalue weighted by molar-refractivity contribution is -0.155. The Morgan fingerprint density at radius 1 is 1.28 bits per heavy atom. The van der Waals surface area contributed by atoms with Crippen LogP contribution in [-0.2, 0) is 4.79 Å². The van der Waals surface area contributed by atoms with Gasteiger partial charge in [-0.1, -0.05) is 6.92 Å². The van der Waals surface area contributed by atoms with E-state index in [4.69, 9.17) is 5.11 Å². The van der Waals surface area contributed by atoms with Gasteiger partial charge in [0.15, 0.2) is 5.60 Å². The molecule has 0 saturated heterocycles. The van der Waals surface area contributed by atoms with Crippen molar-refractivity contribution in [2.24, 2.45) is 5.92 Å². The van der Waals surface area contributed by atoms with Gasteiger partial charge in [-0.05, 0) is 38.5 Å². The molecule has 1 rings (SSSR count). The molecule has 0 radical (unpaired) electrons. The Balaban J connectivity index is 2.28. The Morgan fingerprint density at radius 2 is 1.83 bits per heavy atom. The zero-order valence-corrected chi connectivity index (χ0v) is 10.9. The second kappa shape index (κ2) is 6.04. The van der Waals surface area contributed by atoms with E-state index < -0.39 is 17.6 Å². The maximum absolute atomic E-state index is 11.5. The summed E-state index contributed by atoms with van der Waals surface area (Å²) in [6.45, 7) is 3.04. The molecule has 0 bridgehead atoms. The van der Waals surface area contributed by atoms with E-state index in [1.807, 2.05) is 0 Å². The van der Waals surface area contributed by atoms with Crippen LogP contribution in [0.25, 0.3) is 0 Å². The fourth-order valence-electron chi connectivity index (χ4n) is 1.97. The quantitative estimate of drug-likeness (QED) is 0.596. The molecule has 0 spiro atoms. The summed E-state index contributed by atoms with van der Waals surface area (Å²) < 4.78 is 0. The Kier molecular flexibility index (Phi) is 4.95. The molecule has 0 aromatic heterocycles. The summed E-state index contributed by atoms with van der Waals surface area (Å²) in [5.41, 5.74) is -1.93. The van der Waals surface area contributed by atoms with Crippen molar-refractivity contribution in [3.8, 4) is 0 Å². The summed E-state index contributed by atoms with van der Waals surface area (Å²) in [4.78, 5) is 22.2. The molecule has 0 heterocycles. The summed E-state index contributed by atoms with van der Waals surface area (Å²) in [7, 11) is 0. The fourth-order valence-corrected chi connectivity index (χ4v) is 1.97. The molecule has 6 heteroatoms. The highest BCUT2D eigenvalue weighted by Crippen LogP contribution is 2.23. The first-order valence-electron chi connectivity index (χ1n) is 6.31. The van der Waals surface area contributed by atoms with E-state index >= 15 is 0 Å². The average molecular weight is 258 g/mol. The highest BCUT2D eigenvalue weighted by molar-refractivity contribution is 5.79. The normalized spacial score (nSPS) is 27.1. The maximum Gasteiger partial charge on any atom is 0.337 e. The lowest BCUT2D eigenvalue weighted by Crippen LogP contribution is -2.51. The average Bonchev–Trinajstić information content (AvgIpc) is 2.29. The summed E-state index contributed by atoms with van der Waals surface area (Å²) in [6.07, 6.45) is 4.09. The van der Waals surface area contributed by atoms with Gasteiger partial charge in [0.1, 0.15) is 0 Å².